The molecular formula is C15H21ClF4N2O2S. The first kappa shape index (κ1) is 22.1. The Morgan fingerprint density at radius 1 is 1.24 bits per heavy atom. The number of halogens is 5. The Balaban J connectivity index is 0.00000312. The van der Waals surface area contributed by atoms with Gasteiger partial charge in [-0.1, -0.05) is 6.92 Å². The lowest BCUT2D eigenvalue weighted by Crippen LogP contribution is -2.46. The summed E-state index contributed by atoms with van der Waals surface area (Å²) in [5.74, 6) is -1.58. The summed E-state index contributed by atoms with van der Waals surface area (Å²) in [7, 11) is -4.05. The van der Waals surface area contributed by atoms with Gasteiger partial charge < -0.3 is 5.32 Å². The summed E-state index contributed by atoms with van der Waals surface area (Å²) in [5, 5.41) is 3.13. The van der Waals surface area contributed by atoms with Crippen LogP contribution in [0, 0.1) is 5.82 Å². The van der Waals surface area contributed by atoms with Crippen LogP contribution >= 0.6 is 12.4 Å². The van der Waals surface area contributed by atoms with Crippen molar-refractivity contribution in [2.24, 2.45) is 0 Å². The zero-order valence-electron chi connectivity index (χ0n) is 13.6. The van der Waals surface area contributed by atoms with E-state index in [4.69, 9.17) is 0 Å². The Morgan fingerprint density at radius 2 is 1.84 bits per heavy atom. The molecule has 1 aliphatic rings. The van der Waals surface area contributed by atoms with Gasteiger partial charge in [-0.15, -0.1) is 12.4 Å². The molecule has 0 aromatic heterocycles. The van der Waals surface area contributed by atoms with E-state index in [0.29, 0.717) is 44.5 Å². The van der Waals surface area contributed by atoms with Crippen molar-refractivity contribution in [1.29, 1.82) is 0 Å². The predicted molar refractivity (Wildman–Crippen MR) is 88.7 cm³/mol. The van der Waals surface area contributed by atoms with Gasteiger partial charge in [-0.05, 0) is 50.6 Å². The molecule has 0 spiro atoms. The number of nitrogens with zero attached hydrogens (tertiary/aromatic N) is 1. The topological polar surface area (TPSA) is 49.4 Å². The fourth-order valence-electron chi connectivity index (χ4n) is 2.84. The maximum Gasteiger partial charge on any atom is 0.419 e. The Kier molecular flexibility index (Phi) is 7.67. The van der Waals surface area contributed by atoms with Crippen LogP contribution < -0.4 is 5.32 Å². The minimum Gasteiger partial charge on any atom is -0.317 e. The van der Waals surface area contributed by atoms with Crippen molar-refractivity contribution in [2.75, 3.05) is 19.6 Å². The second-order valence-corrected chi connectivity index (χ2v) is 7.63. The lowest BCUT2D eigenvalue weighted by atomic mass is 10.1. The van der Waals surface area contributed by atoms with E-state index < -0.39 is 32.5 Å². The molecule has 144 valence electrons. The van der Waals surface area contributed by atoms with Gasteiger partial charge in [-0.3, -0.25) is 0 Å². The highest BCUT2D eigenvalue weighted by Gasteiger charge is 2.36. The number of rotatable bonds is 5. The molecule has 1 aromatic carbocycles. The number of piperidine rings is 1. The van der Waals surface area contributed by atoms with E-state index in [0.717, 1.165) is 6.07 Å². The van der Waals surface area contributed by atoms with E-state index >= 15 is 0 Å². The molecule has 10 heteroatoms. The molecule has 0 saturated carbocycles. The quantitative estimate of drug-likeness (QED) is 0.765. The first-order valence-corrected chi connectivity index (χ1v) is 9.21. The zero-order chi connectivity index (χ0) is 18.0. The number of alkyl halides is 3. The lowest BCUT2D eigenvalue weighted by Gasteiger charge is -2.33. The Bertz CT molecular complexity index is 677. The highest BCUT2D eigenvalue weighted by molar-refractivity contribution is 7.89. The summed E-state index contributed by atoms with van der Waals surface area (Å²) >= 11 is 0. The molecule has 0 amide bonds. The molecule has 1 N–H and O–H groups in total. The van der Waals surface area contributed by atoms with Crippen LogP contribution in [0.5, 0.6) is 0 Å². The Morgan fingerprint density at radius 3 is 2.32 bits per heavy atom. The summed E-state index contributed by atoms with van der Waals surface area (Å²) in [6.07, 6.45) is -3.07. The fourth-order valence-corrected chi connectivity index (χ4v) is 4.63. The zero-order valence-corrected chi connectivity index (χ0v) is 15.3. The van der Waals surface area contributed by atoms with Gasteiger partial charge in [-0.25, -0.2) is 12.8 Å². The molecule has 0 radical (unpaired) electrons. The summed E-state index contributed by atoms with van der Waals surface area (Å²) in [6.45, 7) is 3.40. The lowest BCUT2D eigenvalue weighted by molar-refractivity contribution is -0.140. The molecule has 0 atom stereocenters. The third kappa shape index (κ3) is 5.06. The maximum atomic E-state index is 13.8. The van der Waals surface area contributed by atoms with Gasteiger partial charge in [0.2, 0.25) is 10.0 Å². The molecule has 0 unspecified atom stereocenters. The number of hydrogen-bond acceptors (Lipinski definition) is 3. The van der Waals surface area contributed by atoms with E-state index in [1.807, 2.05) is 6.92 Å². The average Bonchev–Trinajstić information content (AvgIpc) is 2.52. The van der Waals surface area contributed by atoms with Crippen LogP contribution in [0.25, 0.3) is 0 Å². The Hall–Kier alpha value is -0.900. The molecule has 2 rings (SSSR count). The molecule has 1 heterocycles. The van der Waals surface area contributed by atoms with Gasteiger partial charge in [0.05, 0.1) is 10.5 Å². The van der Waals surface area contributed by atoms with Crippen molar-refractivity contribution in [1.82, 2.24) is 9.62 Å². The first-order valence-electron chi connectivity index (χ1n) is 7.77. The summed E-state index contributed by atoms with van der Waals surface area (Å²) < 4.78 is 78.5. The number of benzene rings is 1. The highest BCUT2D eigenvalue weighted by atomic mass is 35.5. The average molecular weight is 405 g/mol. The summed E-state index contributed by atoms with van der Waals surface area (Å²) in [4.78, 5) is -0.444. The van der Waals surface area contributed by atoms with Gasteiger partial charge in [0.25, 0.3) is 0 Å². The number of hydrogen-bond donors (Lipinski definition) is 1. The number of nitrogens with one attached hydrogen (secondary N) is 1. The monoisotopic (exact) mass is 404 g/mol. The number of sulfonamides is 1. The second-order valence-electron chi connectivity index (χ2n) is 5.74. The predicted octanol–water partition coefficient (Wildman–Crippen LogP) is 3.42. The molecule has 4 nitrogen and oxygen atoms in total. The van der Waals surface area contributed by atoms with Crippen molar-refractivity contribution >= 4 is 22.4 Å². The smallest absolute Gasteiger partial charge is 0.317 e. The normalized spacial score (nSPS) is 16.7. The van der Waals surface area contributed by atoms with Crippen LogP contribution in [0.3, 0.4) is 0 Å². The van der Waals surface area contributed by atoms with Crippen molar-refractivity contribution in [3.63, 3.8) is 0 Å². The maximum absolute atomic E-state index is 13.8. The Labute approximate surface area is 151 Å². The second kappa shape index (κ2) is 8.66. The third-order valence-corrected chi connectivity index (χ3v) is 5.96. The van der Waals surface area contributed by atoms with E-state index in [-0.39, 0.29) is 25.0 Å². The van der Waals surface area contributed by atoms with Crippen LogP contribution in [0.15, 0.2) is 23.1 Å². The summed E-state index contributed by atoms with van der Waals surface area (Å²) in [6, 6.07) is 1.53. The van der Waals surface area contributed by atoms with E-state index in [9.17, 15) is 26.0 Å². The van der Waals surface area contributed by atoms with Gasteiger partial charge >= 0.3 is 6.18 Å². The minimum absolute atomic E-state index is 0. The van der Waals surface area contributed by atoms with E-state index in [2.05, 4.69) is 5.32 Å². The molecule has 0 aliphatic carbocycles. The van der Waals surface area contributed by atoms with Gasteiger partial charge in [0.15, 0.2) is 0 Å². The minimum atomic E-state index is -4.86. The van der Waals surface area contributed by atoms with E-state index in [1.165, 1.54) is 4.31 Å². The van der Waals surface area contributed by atoms with Crippen molar-refractivity contribution < 1.29 is 26.0 Å². The third-order valence-electron chi connectivity index (χ3n) is 4.01. The fraction of sp³-hybridized carbons (Fsp3) is 0.600. The summed E-state index contributed by atoms with van der Waals surface area (Å²) in [5.41, 5.74) is -1.47. The molecule has 25 heavy (non-hydrogen) atoms. The molecule has 1 saturated heterocycles. The van der Waals surface area contributed by atoms with Crippen molar-refractivity contribution in [3.8, 4) is 0 Å². The first-order chi connectivity index (χ1) is 11.2. The van der Waals surface area contributed by atoms with Crippen LogP contribution in [0.4, 0.5) is 17.6 Å². The molecular weight excluding hydrogens is 384 g/mol. The van der Waals surface area contributed by atoms with Crippen molar-refractivity contribution in [3.05, 3.63) is 29.6 Å². The SMILES string of the molecule is CCCN(C1CCNCC1)S(=O)(=O)c1ccc(C(F)(F)F)c(F)c1.Cl. The van der Waals surface area contributed by atoms with Crippen LogP contribution in [0.1, 0.15) is 31.7 Å². The van der Waals surface area contributed by atoms with Crippen LogP contribution in [-0.4, -0.2) is 38.4 Å². The molecule has 1 aromatic rings. The van der Waals surface area contributed by atoms with Gasteiger partial charge in [-0.2, -0.15) is 17.5 Å². The molecule has 0 bridgehead atoms. The standard InChI is InChI=1S/C15H20F4N2O2S.ClH/c1-2-9-21(11-5-7-20-8-6-11)24(22,23)12-3-4-13(14(16)10-12)15(17,18)19;/h3-4,10-11,20H,2,5-9H2,1H3;1H. The molecule has 1 fully saturated rings. The highest BCUT2D eigenvalue weighted by Crippen LogP contribution is 2.33. The molecule has 1 aliphatic heterocycles. The van der Waals surface area contributed by atoms with Crippen molar-refractivity contribution in [2.45, 2.75) is 43.3 Å². The van der Waals surface area contributed by atoms with Gasteiger partial charge in [0.1, 0.15) is 5.82 Å². The largest absolute Gasteiger partial charge is 0.419 e. The van der Waals surface area contributed by atoms with E-state index in [1.54, 1.807) is 0 Å². The van der Waals surface area contributed by atoms with Gasteiger partial charge in [0, 0.05) is 12.6 Å². The van der Waals surface area contributed by atoms with Crippen LogP contribution in [-0.2, 0) is 16.2 Å². The van der Waals surface area contributed by atoms with Crippen LogP contribution in [0.2, 0.25) is 0 Å².